The fraction of sp³-hybridized carbons (Fsp3) is 0.0952. The average molecular weight is 331 g/mol. The van der Waals surface area contributed by atoms with Gasteiger partial charge in [0.1, 0.15) is 5.75 Å². The number of fused-ring (bicyclic) bond motifs is 1. The first kappa shape index (κ1) is 14.9. The molecule has 2 nitrogen and oxygen atoms in total. The van der Waals surface area contributed by atoms with Gasteiger partial charge in [-0.05, 0) is 48.1 Å². The summed E-state index contributed by atoms with van der Waals surface area (Å²) < 4.78 is 7.14. The van der Waals surface area contributed by atoms with Gasteiger partial charge in [-0.1, -0.05) is 36.4 Å². The van der Waals surface area contributed by atoms with Crippen LogP contribution in [0.5, 0.6) is 11.6 Å². The lowest BCUT2D eigenvalue weighted by molar-refractivity contribution is 0.463. The lowest BCUT2D eigenvalue weighted by atomic mass is 10.1. The van der Waals surface area contributed by atoms with E-state index in [-0.39, 0.29) is 0 Å². The summed E-state index contributed by atoms with van der Waals surface area (Å²) in [5, 5.41) is 3.35. The fourth-order valence-electron chi connectivity index (χ4n) is 2.91. The Morgan fingerprint density at radius 2 is 1.67 bits per heavy atom. The molecule has 0 fully saturated rings. The molecule has 0 amide bonds. The molecule has 0 spiro atoms. The first-order valence-electron chi connectivity index (χ1n) is 7.88. The zero-order valence-corrected chi connectivity index (χ0v) is 14.4. The molecule has 0 saturated heterocycles. The monoisotopic (exact) mass is 331 g/mol. The normalized spacial score (nSPS) is 10.9. The van der Waals surface area contributed by atoms with Crippen LogP contribution in [0, 0.1) is 13.8 Å². The van der Waals surface area contributed by atoms with E-state index in [1.165, 1.54) is 32.3 Å². The third kappa shape index (κ3) is 2.91. The number of aryl methyl sites for hydroxylation is 2. The Kier molecular flexibility index (Phi) is 3.79. The predicted octanol–water partition coefficient (Wildman–Crippen LogP) is 6.37. The molecule has 2 heterocycles. The first-order valence-corrected chi connectivity index (χ1v) is 8.76. The maximum atomic E-state index is 5.96. The van der Waals surface area contributed by atoms with Gasteiger partial charge in [0.2, 0.25) is 5.88 Å². The number of pyridine rings is 1. The minimum absolute atomic E-state index is 0.633. The zero-order chi connectivity index (χ0) is 16.5. The van der Waals surface area contributed by atoms with Crippen molar-refractivity contribution in [2.45, 2.75) is 13.8 Å². The summed E-state index contributed by atoms with van der Waals surface area (Å²) in [7, 11) is 0. The minimum atomic E-state index is 0.633. The number of nitrogens with zero attached hydrogens (tertiary/aromatic N) is 1. The van der Waals surface area contributed by atoms with Crippen molar-refractivity contribution in [3.8, 4) is 22.8 Å². The van der Waals surface area contributed by atoms with Crippen LogP contribution >= 0.6 is 11.3 Å². The van der Waals surface area contributed by atoms with Gasteiger partial charge in [0.15, 0.2) is 0 Å². The SMILES string of the molecule is Cc1cc(C)cc(Oc2cc3scc(-c4ccccc4)c3cn2)c1. The summed E-state index contributed by atoms with van der Waals surface area (Å²) in [6.45, 7) is 4.14. The van der Waals surface area contributed by atoms with E-state index in [0.717, 1.165) is 5.75 Å². The molecule has 24 heavy (non-hydrogen) atoms. The van der Waals surface area contributed by atoms with Crippen molar-refractivity contribution in [2.24, 2.45) is 0 Å². The quantitative estimate of drug-likeness (QED) is 0.435. The lowest BCUT2D eigenvalue weighted by Gasteiger charge is -2.07. The van der Waals surface area contributed by atoms with Crippen molar-refractivity contribution < 1.29 is 4.74 Å². The van der Waals surface area contributed by atoms with Crippen molar-refractivity contribution >= 4 is 21.4 Å². The Morgan fingerprint density at radius 1 is 0.917 bits per heavy atom. The molecule has 0 aliphatic rings. The van der Waals surface area contributed by atoms with E-state index in [2.05, 4.69) is 54.5 Å². The maximum absolute atomic E-state index is 5.96. The summed E-state index contributed by atoms with van der Waals surface area (Å²) in [5.74, 6) is 1.47. The molecule has 118 valence electrons. The molecular weight excluding hydrogens is 314 g/mol. The second-order valence-electron chi connectivity index (χ2n) is 5.96. The number of aromatic nitrogens is 1. The second-order valence-corrected chi connectivity index (χ2v) is 6.87. The van der Waals surface area contributed by atoms with E-state index < -0.39 is 0 Å². The number of benzene rings is 2. The minimum Gasteiger partial charge on any atom is -0.439 e. The van der Waals surface area contributed by atoms with Crippen molar-refractivity contribution in [3.63, 3.8) is 0 Å². The number of hydrogen-bond donors (Lipinski definition) is 0. The standard InChI is InChI=1S/C21H17NOS/c1-14-8-15(2)10-17(9-14)23-21-11-20-18(12-22-21)19(13-24-20)16-6-4-3-5-7-16/h3-13H,1-2H3. The van der Waals surface area contributed by atoms with Gasteiger partial charge >= 0.3 is 0 Å². The van der Waals surface area contributed by atoms with Gasteiger partial charge in [-0.15, -0.1) is 11.3 Å². The molecule has 0 aliphatic heterocycles. The Hall–Kier alpha value is -2.65. The van der Waals surface area contributed by atoms with Gasteiger partial charge in [-0.3, -0.25) is 0 Å². The smallest absolute Gasteiger partial charge is 0.220 e. The van der Waals surface area contributed by atoms with Crippen LogP contribution in [0.2, 0.25) is 0 Å². The van der Waals surface area contributed by atoms with Crippen LogP contribution in [-0.2, 0) is 0 Å². The molecule has 0 N–H and O–H groups in total. The van der Waals surface area contributed by atoms with Crippen LogP contribution in [0.3, 0.4) is 0 Å². The van der Waals surface area contributed by atoms with Crippen LogP contribution in [0.15, 0.2) is 66.2 Å². The van der Waals surface area contributed by atoms with Crippen molar-refractivity contribution in [1.82, 2.24) is 4.98 Å². The Balaban J connectivity index is 1.69. The van der Waals surface area contributed by atoms with Gasteiger partial charge in [-0.2, -0.15) is 0 Å². The van der Waals surface area contributed by atoms with E-state index in [0.29, 0.717) is 5.88 Å². The van der Waals surface area contributed by atoms with Gasteiger partial charge < -0.3 is 4.74 Å². The molecule has 0 bridgehead atoms. The summed E-state index contributed by atoms with van der Waals surface area (Å²) in [4.78, 5) is 4.50. The van der Waals surface area contributed by atoms with E-state index in [1.54, 1.807) is 11.3 Å². The third-order valence-electron chi connectivity index (χ3n) is 3.94. The highest BCUT2D eigenvalue weighted by atomic mass is 32.1. The van der Waals surface area contributed by atoms with Crippen LogP contribution < -0.4 is 4.74 Å². The van der Waals surface area contributed by atoms with Gasteiger partial charge in [0.05, 0.1) is 0 Å². The molecular formula is C21H17NOS. The van der Waals surface area contributed by atoms with Gasteiger partial charge in [-0.25, -0.2) is 4.98 Å². The second kappa shape index (κ2) is 6.10. The molecule has 4 aromatic rings. The number of hydrogen-bond acceptors (Lipinski definition) is 3. The molecule has 0 atom stereocenters. The lowest BCUT2D eigenvalue weighted by Crippen LogP contribution is -1.89. The van der Waals surface area contributed by atoms with Crippen molar-refractivity contribution in [1.29, 1.82) is 0 Å². The molecule has 0 aliphatic carbocycles. The molecule has 0 unspecified atom stereocenters. The number of ether oxygens (including phenoxy) is 1. The van der Waals surface area contributed by atoms with Crippen LogP contribution in [0.1, 0.15) is 11.1 Å². The zero-order valence-electron chi connectivity index (χ0n) is 13.6. The van der Waals surface area contributed by atoms with E-state index >= 15 is 0 Å². The Bertz CT molecular complexity index is 985. The maximum Gasteiger partial charge on any atom is 0.220 e. The molecule has 0 saturated carbocycles. The van der Waals surface area contributed by atoms with E-state index in [1.807, 2.05) is 30.5 Å². The summed E-state index contributed by atoms with van der Waals surface area (Å²) in [6, 6.07) is 18.6. The van der Waals surface area contributed by atoms with Crippen molar-refractivity contribution in [2.75, 3.05) is 0 Å². The van der Waals surface area contributed by atoms with Crippen LogP contribution in [0.4, 0.5) is 0 Å². The molecule has 3 heteroatoms. The number of rotatable bonds is 3. The van der Waals surface area contributed by atoms with E-state index in [9.17, 15) is 0 Å². The highest BCUT2D eigenvalue weighted by Crippen LogP contribution is 2.35. The highest BCUT2D eigenvalue weighted by molar-refractivity contribution is 7.17. The molecule has 4 rings (SSSR count). The van der Waals surface area contributed by atoms with E-state index in [4.69, 9.17) is 4.74 Å². The van der Waals surface area contributed by atoms with Crippen molar-refractivity contribution in [3.05, 3.63) is 77.3 Å². The highest BCUT2D eigenvalue weighted by Gasteiger charge is 2.09. The Labute approximate surface area is 145 Å². The third-order valence-corrected chi connectivity index (χ3v) is 4.88. The number of thiophene rings is 1. The van der Waals surface area contributed by atoms with Gasteiger partial charge in [0.25, 0.3) is 0 Å². The molecule has 2 aromatic heterocycles. The van der Waals surface area contributed by atoms with Gasteiger partial charge in [0, 0.05) is 27.9 Å². The average Bonchev–Trinajstić information content (AvgIpc) is 2.98. The Morgan fingerprint density at radius 3 is 2.42 bits per heavy atom. The summed E-state index contributed by atoms with van der Waals surface area (Å²) >= 11 is 1.72. The summed E-state index contributed by atoms with van der Waals surface area (Å²) in [6.07, 6.45) is 1.91. The molecule has 0 radical (unpaired) electrons. The molecule has 2 aromatic carbocycles. The van der Waals surface area contributed by atoms with Crippen LogP contribution in [0.25, 0.3) is 21.2 Å². The topological polar surface area (TPSA) is 22.1 Å². The fourth-order valence-corrected chi connectivity index (χ4v) is 3.88. The van der Waals surface area contributed by atoms with Crippen LogP contribution in [-0.4, -0.2) is 4.98 Å². The first-order chi connectivity index (χ1) is 11.7. The predicted molar refractivity (Wildman–Crippen MR) is 101 cm³/mol. The summed E-state index contributed by atoms with van der Waals surface area (Å²) in [5.41, 5.74) is 4.82. The largest absolute Gasteiger partial charge is 0.439 e.